The zero-order valence-electron chi connectivity index (χ0n) is 19.6. The van der Waals surface area contributed by atoms with Gasteiger partial charge in [0.25, 0.3) is 0 Å². The number of carbonyl (C=O) groups is 2. The monoisotopic (exact) mass is 581 g/mol. The van der Waals surface area contributed by atoms with Crippen LogP contribution in [0.15, 0.2) is 30.3 Å². The second kappa shape index (κ2) is 12.9. The van der Waals surface area contributed by atoms with Gasteiger partial charge in [0.15, 0.2) is 15.4 Å². The molecule has 0 spiro atoms. The minimum absolute atomic E-state index is 0.0676. The summed E-state index contributed by atoms with van der Waals surface area (Å²) >= 11 is 1.85. The molecule has 0 fully saturated rings. The molecule has 0 radical (unpaired) electrons. The summed E-state index contributed by atoms with van der Waals surface area (Å²) in [5.41, 5.74) is -0.974. The molecule has 0 aliphatic rings. The summed E-state index contributed by atoms with van der Waals surface area (Å²) in [7, 11) is -3.22. The number of halogens is 1. The quantitative estimate of drug-likeness (QED) is 0.202. The summed E-state index contributed by atoms with van der Waals surface area (Å²) in [5.74, 6) is -0.776. The normalized spacial score (nSPS) is 14.9. The number of ether oxygens (including phenoxy) is 2. The summed E-state index contributed by atoms with van der Waals surface area (Å²) in [6.45, 7) is 9.27. The standard InChI is InChI=1S/C23H36INO6S/c1-6-12-23(5,21(27)30-17-19-10-8-7-9-11-19)31-15-13-22(3,4)20(26)25-14-16-32(28,29)18(2)24/h7-11,18H,6,12-17H2,1-5H3,(H,25,26). The maximum Gasteiger partial charge on any atom is 0.338 e. The number of amides is 1. The third-order valence-corrected chi connectivity index (χ3v) is 9.39. The Hall–Kier alpha value is -1.20. The van der Waals surface area contributed by atoms with Crippen LogP contribution >= 0.6 is 22.6 Å². The minimum Gasteiger partial charge on any atom is -0.459 e. The second-order valence-electron chi connectivity index (χ2n) is 8.69. The van der Waals surface area contributed by atoms with E-state index in [1.807, 2.05) is 59.8 Å². The van der Waals surface area contributed by atoms with Crippen LogP contribution in [0, 0.1) is 5.41 Å². The lowest BCUT2D eigenvalue weighted by Crippen LogP contribution is -2.43. The van der Waals surface area contributed by atoms with E-state index in [0.717, 1.165) is 12.0 Å². The number of nitrogens with one attached hydrogen (secondary N) is 1. The van der Waals surface area contributed by atoms with E-state index < -0.39 is 30.1 Å². The molecule has 0 bridgehead atoms. The number of esters is 1. The first-order valence-corrected chi connectivity index (χ1v) is 13.8. The molecule has 182 valence electrons. The van der Waals surface area contributed by atoms with Gasteiger partial charge in [0, 0.05) is 18.6 Å². The number of carbonyl (C=O) groups excluding carboxylic acids is 2. The summed E-state index contributed by atoms with van der Waals surface area (Å²) in [6, 6.07) is 9.44. The first kappa shape index (κ1) is 28.8. The predicted molar refractivity (Wildman–Crippen MR) is 134 cm³/mol. The van der Waals surface area contributed by atoms with Crippen LogP contribution < -0.4 is 5.32 Å². The van der Waals surface area contributed by atoms with Gasteiger partial charge in [-0.3, -0.25) is 4.79 Å². The summed E-state index contributed by atoms with van der Waals surface area (Å²) in [4.78, 5) is 25.3. The van der Waals surface area contributed by atoms with Gasteiger partial charge in [0.05, 0.1) is 5.75 Å². The molecule has 0 heterocycles. The highest BCUT2D eigenvalue weighted by Crippen LogP contribution is 2.25. The molecule has 0 aliphatic carbocycles. The van der Waals surface area contributed by atoms with Gasteiger partial charge in [-0.25, -0.2) is 13.2 Å². The van der Waals surface area contributed by atoms with Crippen molar-refractivity contribution in [2.24, 2.45) is 5.41 Å². The van der Waals surface area contributed by atoms with Gasteiger partial charge in [0.1, 0.15) is 9.86 Å². The van der Waals surface area contributed by atoms with Crippen LogP contribution in [0.4, 0.5) is 0 Å². The minimum atomic E-state index is -3.22. The summed E-state index contributed by atoms with van der Waals surface area (Å²) < 4.78 is 34.7. The molecular weight excluding hydrogens is 545 g/mol. The fourth-order valence-electron chi connectivity index (χ4n) is 2.94. The Balaban J connectivity index is 2.58. The average Bonchev–Trinajstić information content (AvgIpc) is 2.72. The van der Waals surface area contributed by atoms with Gasteiger partial charge in [0.2, 0.25) is 5.91 Å². The maximum absolute atomic E-state index is 12.7. The molecular formula is C23H36INO6S. The van der Waals surface area contributed by atoms with Crippen LogP contribution in [-0.4, -0.2) is 48.1 Å². The summed E-state index contributed by atoms with van der Waals surface area (Å²) in [6.07, 6.45) is 1.61. The molecule has 1 rings (SSSR count). The molecule has 0 saturated heterocycles. The number of hydrogen-bond acceptors (Lipinski definition) is 6. The zero-order valence-corrected chi connectivity index (χ0v) is 22.6. The first-order chi connectivity index (χ1) is 14.8. The molecule has 1 aromatic carbocycles. The molecule has 32 heavy (non-hydrogen) atoms. The Kier molecular flexibility index (Phi) is 11.6. The van der Waals surface area contributed by atoms with Crippen molar-refractivity contribution in [1.29, 1.82) is 0 Å². The second-order valence-corrected chi connectivity index (χ2v) is 13.8. The average molecular weight is 582 g/mol. The topological polar surface area (TPSA) is 98.8 Å². The highest BCUT2D eigenvalue weighted by atomic mass is 127. The van der Waals surface area contributed by atoms with E-state index in [0.29, 0.717) is 12.8 Å². The largest absolute Gasteiger partial charge is 0.459 e. The SMILES string of the molecule is CCCC(C)(OCCC(C)(C)C(=O)NCCS(=O)(=O)C(C)I)C(=O)OCc1ccccc1. The van der Waals surface area contributed by atoms with Gasteiger partial charge in [-0.1, -0.05) is 80.1 Å². The van der Waals surface area contributed by atoms with Crippen LogP contribution in [0.25, 0.3) is 0 Å². The number of hydrogen-bond donors (Lipinski definition) is 1. The first-order valence-electron chi connectivity index (χ1n) is 10.8. The van der Waals surface area contributed by atoms with E-state index in [1.165, 1.54) is 0 Å². The van der Waals surface area contributed by atoms with Crippen LogP contribution in [0.3, 0.4) is 0 Å². The fourth-order valence-corrected chi connectivity index (χ4v) is 4.41. The number of rotatable bonds is 14. The number of sulfone groups is 1. The van der Waals surface area contributed by atoms with Crippen LogP contribution in [0.1, 0.15) is 59.4 Å². The van der Waals surface area contributed by atoms with Crippen molar-refractivity contribution >= 4 is 44.3 Å². The molecule has 7 nitrogen and oxygen atoms in total. The predicted octanol–water partition coefficient (Wildman–Crippen LogP) is 4.03. The van der Waals surface area contributed by atoms with E-state index in [-0.39, 0.29) is 31.4 Å². The Bertz CT molecular complexity index is 841. The highest BCUT2D eigenvalue weighted by Gasteiger charge is 2.36. The Morgan fingerprint density at radius 3 is 2.31 bits per heavy atom. The van der Waals surface area contributed by atoms with Crippen molar-refractivity contribution in [3.63, 3.8) is 0 Å². The van der Waals surface area contributed by atoms with Crippen LogP contribution in [-0.2, 0) is 35.5 Å². The molecule has 0 saturated carbocycles. The van der Waals surface area contributed by atoms with Crippen LogP contribution in [0.2, 0.25) is 0 Å². The van der Waals surface area contributed by atoms with Crippen molar-refractivity contribution in [2.45, 2.75) is 69.3 Å². The van der Waals surface area contributed by atoms with Gasteiger partial charge in [-0.2, -0.15) is 0 Å². The van der Waals surface area contributed by atoms with Crippen molar-refractivity contribution in [1.82, 2.24) is 5.32 Å². The molecule has 9 heteroatoms. The van der Waals surface area contributed by atoms with Crippen molar-refractivity contribution in [3.05, 3.63) is 35.9 Å². The third kappa shape index (κ3) is 9.35. The van der Waals surface area contributed by atoms with Gasteiger partial charge < -0.3 is 14.8 Å². The van der Waals surface area contributed by atoms with Crippen LogP contribution in [0.5, 0.6) is 0 Å². The van der Waals surface area contributed by atoms with Gasteiger partial charge >= 0.3 is 5.97 Å². The highest BCUT2D eigenvalue weighted by molar-refractivity contribution is 14.1. The number of benzene rings is 1. The van der Waals surface area contributed by atoms with Crippen molar-refractivity contribution in [3.8, 4) is 0 Å². The lowest BCUT2D eigenvalue weighted by atomic mass is 9.88. The molecule has 0 aliphatic heterocycles. The van der Waals surface area contributed by atoms with E-state index in [2.05, 4.69) is 5.32 Å². The molecule has 0 aromatic heterocycles. The van der Waals surface area contributed by atoms with Crippen molar-refractivity contribution < 1.29 is 27.5 Å². The van der Waals surface area contributed by atoms with E-state index in [1.54, 1.807) is 27.7 Å². The fraction of sp³-hybridized carbons (Fsp3) is 0.652. The summed E-state index contributed by atoms with van der Waals surface area (Å²) in [5, 5.41) is 2.70. The molecule has 1 N–H and O–H groups in total. The lowest BCUT2D eigenvalue weighted by Gasteiger charge is -2.30. The van der Waals surface area contributed by atoms with E-state index in [9.17, 15) is 18.0 Å². The lowest BCUT2D eigenvalue weighted by molar-refractivity contribution is -0.174. The molecule has 2 unspecified atom stereocenters. The molecule has 2 atom stereocenters. The number of alkyl halides is 1. The van der Waals surface area contributed by atoms with E-state index >= 15 is 0 Å². The Morgan fingerprint density at radius 2 is 1.75 bits per heavy atom. The van der Waals surface area contributed by atoms with E-state index in [4.69, 9.17) is 9.47 Å². The Morgan fingerprint density at radius 1 is 1.12 bits per heavy atom. The third-order valence-electron chi connectivity index (χ3n) is 5.30. The smallest absolute Gasteiger partial charge is 0.338 e. The zero-order chi connectivity index (χ0) is 24.4. The van der Waals surface area contributed by atoms with Gasteiger partial charge in [-0.15, -0.1) is 0 Å². The molecule has 1 amide bonds. The maximum atomic E-state index is 12.7. The Labute approximate surface area is 206 Å². The van der Waals surface area contributed by atoms with Crippen molar-refractivity contribution in [2.75, 3.05) is 18.9 Å². The van der Waals surface area contributed by atoms with Gasteiger partial charge in [-0.05, 0) is 32.3 Å². The molecule has 1 aromatic rings.